The summed E-state index contributed by atoms with van der Waals surface area (Å²) in [5, 5.41) is 24.4. The second-order valence-electron chi connectivity index (χ2n) is 12.5. The van der Waals surface area contributed by atoms with Gasteiger partial charge in [-0.25, -0.2) is 8.42 Å². The molecule has 5 N–H and O–H groups in total. The predicted octanol–water partition coefficient (Wildman–Crippen LogP) is -0.766. The third kappa shape index (κ3) is 6.19. The molecule has 2 unspecified atom stereocenters. The van der Waals surface area contributed by atoms with E-state index in [1.54, 1.807) is 0 Å². The van der Waals surface area contributed by atoms with E-state index >= 15 is 0 Å². The predicted molar refractivity (Wildman–Crippen MR) is 132 cm³/mol. The van der Waals surface area contributed by atoms with E-state index in [2.05, 4.69) is 26.1 Å². The molecule has 0 spiro atoms. The fourth-order valence-corrected chi connectivity index (χ4v) is 9.48. The van der Waals surface area contributed by atoms with Crippen LogP contribution in [-0.2, 0) is 14.9 Å². The van der Waals surface area contributed by atoms with Crippen LogP contribution in [0, 0.1) is 46.3 Å². The van der Waals surface area contributed by atoms with Crippen molar-refractivity contribution in [3.63, 3.8) is 0 Å². The van der Waals surface area contributed by atoms with Gasteiger partial charge in [-0.1, -0.05) is 20.8 Å². The van der Waals surface area contributed by atoms with Gasteiger partial charge in [0.05, 0.1) is 28.1 Å². The standard InChI is InChI=1S/C26H45NO6S.Na.H2O/c1-16(4-9-24(30)27-12-13-34(31,32)33)20-7-8-21-19-6-5-17-14-18(28)10-11-25(17,2)22(19)15-23(29)26(20,21)3;;/h16-23,28-29H,4-15H2,1-3H3,(H,27,30)(H,31,32,33);;1H2/q;+1;/p-1/t16-,17?,18-,19+,20?,21+,22+,23+,25+,26-;;/m1../s1. The van der Waals surface area contributed by atoms with Crippen molar-refractivity contribution in [3.8, 4) is 0 Å². The average Bonchev–Trinajstić information content (AvgIpc) is 3.11. The van der Waals surface area contributed by atoms with Gasteiger partial charge in [-0.15, -0.1) is 0 Å². The van der Waals surface area contributed by atoms with E-state index in [0.717, 1.165) is 38.5 Å². The molecular weight excluding hydrogens is 493 g/mol. The zero-order chi connectivity index (χ0) is 24.9. The summed E-state index contributed by atoms with van der Waals surface area (Å²) in [7, 11) is -4.32. The number of carbonyl (C=O) groups is 1. The van der Waals surface area contributed by atoms with Gasteiger partial charge in [-0.3, -0.25) is 4.79 Å². The first-order chi connectivity index (χ1) is 15.9. The van der Waals surface area contributed by atoms with Crippen LogP contribution in [0.15, 0.2) is 0 Å². The molecule has 8 nitrogen and oxygen atoms in total. The summed E-state index contributed by atoms with van der Waals surface area (Å²) in [4.78, 5) is 12.2. The number of aliphatic hydroxyl groups excluding tert-OH is 2. The minimum absolute atomic E-state index is 0. The van der Waals surface area contributed by atoms with Gasteiger partial charge in [-0.05, 0) is 104 Å². The third-order valence-corrected chi connectivity index (χ3v) is 11.7. The van der Waals surface area contributed by atoms with E-state index < -0.39 is 15.9 Å². The quantitative estimate of drug-likeness (QED) is 0.285. The minimum atomic E-state index is -4.32. The summed E-state index contributed by atoms with van der Waals surface area (Å²) >= 11 is 0. The van der Waals surface area contributed by atoms with Crippen molar-refractivity contribution in [2.45, 2.75) is 97.2 Å². The van der Waals surface area contributed by atoms with Crippen LogP contribution in [0.4, 0.5) is 0 Å². The molecule has 0 heterocycles. The molecule has 36 heavy (non-hydrogen) atoms. The van der Waals surface area contributed by atoms with Gasteiger partial charge in [0.1, 0.15) is 0 Å². The Morgan fingerprint density at radius 3 is 2.44 bits per heavy atom. The smallest absolute Gasteiger partial charge is 0.748 e. The van der Waals surface area contributed by atoms with Crippen LogP contribution < -0.4 is 34.9 Å². The van der Waals surface area contributed by atoms with Crippen molar-refractivity contribution < 1.29 is 63.0 Å². The molecule has 1 amide bonds. The second-order valence-corrected chi connectivity index (χ2v) is 14.0. The largest absolute Gasteiger partial charge is 1.00 e. The van der Waals surface area contributed by atoms with E-state index in [9.17, 15) is 28.0 Å². The third-order valence-electron chi connectivity index (χ3n) is 11.0. The molecule has 4 saturated carbocycles. The molecule has 0 aromatic heterocycles. The van der Waals surface area contributed by atoms with Crippen molar-refractivity contribution in [1.82, 2.24) is 5.32 Å². The van der Waals surface area contributed by atoms with Crippen LogP contribution >= 0.6 is 0 Å². The number of amides is 1. The van der Waals surface area contributed by atoms with Gasteiger partial charge in [0.25, 0.3) is 0 Å². The minimum Gasteiger partial charge on any atom is -0.748 e. The fourth-order valence-electron chi connectivity index (χ4n) is 9.12. The summed E-state index contributed by atoms with van der Waals surface area (Å²) in [6.07, 6.45) is 8.85. The van der Waals surface area contributed by atoms with Gasteiger partial charge in [0.15, 0.2) is 0 Å². The molecule has 4 aliphatic carbocycles. The molecule has 4 rings (SSSR count). The Bertz CT molecular complexity index is 872. The fraction of sp³-hybridized carbons (Fsp3) is 0.962. The molecular formula is C26H46NNaO7S. The molecule has 4 aliphatic rings. The van der Waals surface area contributed by atoms with Crippen molar-refractivity contribution in [1.29, 1.82) is 0 Å². The van der Waals surface area contributed by atoms with Gasteiger partial charge in [0, 0.05) is 13.0 Å². The Balaban J connectivity index is 0.00000228. The number of aliphatic hydroxyl groups is 2. The van der Waals surface area contributed by atoms with Crippen LogP contribution in [0.5, 0.6) is 0 Å². The molecule has 0 aromatic rings. The van der Waals surface area contributed by atoms with Crippen molar-refractivity contribution in [3.05, 3.63) is 0 Å². The maximum atomic E-state index is 12.2. The summed E-state index contributed by atoms with van der Waals surface area (Å²) in [5.41, 5.74) is 0.0922. The molecule has 0 bridgehead atoms. The van der Waals surface area contributed by atoms with E-state index in [-0.39, 0.29) is 76.4 Å². The van der Waals surface area contributed by atoms with Gasteiger partial charge in [-0.2, -0.15) is 0 Å². The van der Waals surface area contributed by atoms with Crippen LogP contribution in [-0.4, -0.2) is 59.1 Å². The molecule has 204 valence electrons. The Labute approximate surface area is 239 Å². The number of hydrogen-bond acceptors (Lipinski definition) is 6. The maximum absolute atomic E-state index is 12.2. The zero-order valence-electron chi connectivity index (χ0n) is 22.5. The Hall–Kier alpha value is 0.260. The molecule has 0 aromatic carbocycles. The van der Waals surface area contributed by atoms with Crippen LogP contribution in [0.25, 0.3) is 0 Å². The second kappa shape index (κ2) is 12.2. The molecule has 0 saturated heterocycles. The number of rotatable bonds is 7. The molecule has 10 heteroatoms. The van der Waals surface area contributed by atoms with Gasteiger partial charge in [0.2, 0.25) is 5.91 Å². The summed E-state index contributed by atoms with van der Waals surface area (Å²) in [6.45, 7) is 6.78. The van der Waals surface area contributed by atoms with E-state index in [4.69, 9.17) is 0 Å². The average molecular weight is 540 g/mol. The zero-order valence-corrected chi connectivity index (χ0v) is 25.4. The summed E-state index contributed by atoms with van der Waals surface area (Å²) in [5.74, 6) is 2.10. The summed E-state index contributed by atoms with van der Waals surface area (Å²) < 4.78 is 32.2. The van der Waals surface area contributed by atoms with E-state index in [0.29, 0.717) is 42.4 Å². The van der Waals surface area contributed by atoms with Crippen LogP contribution in [0.3, 0.4) is 0 Å². The number of carbonyl (C=O) groups excluding carboxylic acids is 1. The van der Waals surface area contributed by atoms with Gasteiger partial charge < -0.3 is 25.6 Å². The Morgan fingerprint density at radius 1 is 1.08 bits per heavy atom. The molecule has 4 fully saturated rings. The first-order valence-electron chi connectivity index (χ1n) is 13.4. The molecule has 0 radical (unpaired) electrons. The van der Waals surface area contributed by atoms with Crippen molar-refractivity contribution in [2.75, 3.05) is 12.3 Å². The van der Waals surface area contributed by atoms with Crippen LogP contribution in [0.1, 0.15) is 85.0 Å². The molecule has 10 atom stereocenters. The first kappa shape index (κ1) is 32.5. The Kier molecular flexibility index (Phi) is 11.0. The number of nitrogens with one attached hydrogen (secondary N) is 1. The van der Waals surface area contributed by atoms with E-state index in [1.165, 1.54) is 12.8 Å². The van der Waals surface area contributed by atoms with Crippen molar-refractivity contribution >= 4 is 16.0 Å². The monoisotopic (exact) mass is 539 g/mol. The van der Waals surface area contributed by atoms with Gasteiger partial charge >= 0.3 is 29.6 Å². The topological polar surface area (TPSA) is 158 Å². The van der Waals surface area contributed by atoms with Crippen molar-refractivity contribution in [2.24, 2.45) is 46.3 Å². The maximum Gasteiger partial charge on any atom is 1.00 e. The normalized spacial score (nSPS) is 42.6. The van der Waals surface area contributed by atoms with E-state index in [1.807, 2.05) is 0 Å². The SMILES string of the molecule is C[C@H](CCC(=O)NCCS(=O)(=O)[O-])C1CC[C@H]2[C@@H]3CCC4C[C@H](O)CC[C@]4(C)[C@H]3C[C@H](O)[C@]12C.O.[Na+]. The number of fused-ring (bicyclic) bond motifs is 5. The first-order valence-corrected chi connectivity index (χ1v) is 15.0. The van der Waals surface area contributed by atoms with Crippen LogP contribution in [0.2, 0.25) is 0 Å². The number of hydrogen-bond donors (Lipinski definition) is 3. The molecule has 0 aliphatic heterocycles. The Morgan fingerprint density at radius 2 is 1.78 bits per heavy atom. The summed E-state index contributed by atoms with van der Waals surface area (Å²) in [6, 6.07) is 0.